The molecule has 2 aromatic carbocycles. The first-order valence-corrected chi connectivity index (χ1v) is 8.38. The maximum absolute atomic E-state index is 12.6. The van der Waals surface area contributed by atoms with E-state index in [-0.39, 0.29) is 30.9 Å². The van der Waals surface area contributed by atoms with Crippen molar-refractivity contribution in [3.05, 3.63) is 42.5 Å². The van der Waals surface area contributed by atoms with Gasteiger partial charge in [-0.25, -0.2) is 0 Å². The van der Waals surface area contributed by atoms with Crippen molar-refractivity contribution in [1.29, 1.82) is 0 Å². The Hall–Kier alpha value is -2.89. The second-order valence-corrected chi connectivity index (χ2v) is 6.46. The second kappa shape index (κ2) is 6.20. The molecule has 1 saturated heterocycles. The van der Waals surface area contributed by atoms with Crippen LogP contribution in [-0.2, 0) is 14.4 Å². The molecule has 3 amide bonds. The van der Waals surface area contributed by atoms with Crippen LogP contribution in [0.2, 0.25) is 0 Å². The number of imide groups is 1. The van der Waals surface area contributed by atoms with Gasteiger partial charge in [0.25, 0.3) is 5.91 Å². The number of rotatable bonds is 5. The molecule has 128 valence electrons. The number of ether oxygens (including phenoxy) is 1. The lowest BCUT2D eigenvalue weighted by molar-refractivity contribution is -0.141. The first kappa shape index (κ1) is 15.6. The third-order valence-electron chi connectivity index (χ3n) is 4.59. The monoisotopic (exact) mass is 338 g/mol. The van der Waals surface area contributed by atoms with E-state index in [0.29, 0.717) is 5.75 Å². The van der Waals surface area contributed by atoms with Crippen LogP contribution in [0.15, 0.2) is 42.5 Å². The van der Waals surface area contributed by atoms with E-state index in [1.165, 1.54) is 4.90 Å². The van der Waals surface area contributed by atoms with Gasteiger partial charge in [0.05, 0.1) is 6.42 Å². The number of amides is 3. The highest BCUT2D eigenvalue weighted by Gasteiger charge is 2.44. The Morgan fingerprint density at radius 2 is 1.88 bits per heavy atom. The lowest BCUT2D eigenvalue weighted by atomic mass is 10.1. The van der Waals surface area contributed by atoms with Crippen LogP contribution in [0, 0.1) is 0 Å². The second-order valence-electron chi connectivity index (χ2n) is 6.46. The number of benzene rings is 2. The highest BCUT2D eigenvalue weighted by molar-refractivity contribution is 6.07. The summed E-state index contributed by atoms with van der Waals surface area (Å²) in [6.07, 6.45) is 1.76. The van der Waals surface area contributed by atoms with Crippen LogP contribution >= 0.6 is 0 Å². The van der Waals surface area contributed by atoms with Gasteiger partial charge in [0.15, 0.2) is 6.61 Å². The molecule has 1 saturated carbocycles. The normalized spacial score (nSPS) is 19.8. The van der Waals surface area contributed by atoms with Crippen molar-refractivity contribution < 1.29 is 19.1 Å². The SMILES string of the molecule is O=C1C[C@H](N(C(=O)COc2ccc3ccccc3c2)C2CC2)C(=O)N1. The Balaban J connectivity index is 1.46. The number of carbonyl (C=O) groups is 3. The Bertz CT molecular complexity index is 859. The van der Waals surface area contributed by atoms with E-state index in [9.17, 15) is 14.4 Å². The lowest BCUT2D eigenvalue weighted by Gasteiger charge is -2.26. The number of nitrogens with one attached hydrogen (secondary N) is 1. The molecule has 2 aromatic rings. The number of carbonyl (C=O) groups excluding carboxylic acids is 3. The number of hydrogen-bond acceptors (Lipinski definition) is 4. The highest BCUT2D eigenvalue weighted by atomic mass is 16.5. The zero-order valence-electron chi connectivity index (χ0n) is 13.6. The van der Waals surface area contributed by atoms with Crippen molar-refractivity contribution in [3.8, 4) is 5.75 Å². The third-order valence-corrected chi connectivity index (χ3v) is 4.59. The molecule has 0 aromatic heterocycles. The number of hydrogen-bond donors (Lipinski definition) is 1. The fourth-order valence-electron chi connectivity index (χ4n) is 3.23. The predicted molar refractivity (Wildman–Crippen MR) is 90.9 cm³/mol. The van der Waals surface area contributed by atoms with E-state index in [0.717, 1.165) is 23.6 Å². The summed E-state index contributed by atoms with van der Waals surface area (Å²) < 4.78 is 5.65. The van der Waals surface area contributed by atoms with Crippen molar-refractivity contribution in [1.82, 2.24) is 10.2 Å². The lowest BCUT2D eigenvalue weighted by Crippen LogP contribution is -2.47. The molecule has 0 radical (unpaired) electrons. The average molecular weight is 338 g/mol. The molecular weight excluding hydrogens is 320 g/mol. The minimum absolute atomic E-state index is 0.0364. The van der Waals surface area contributed by atoms with Gasteiger partial charge in [-0.15, -0.1) is 0 Å². The summed E-state index contributed by atoms with van der Waals surface area (Å²) >= 11 is 0. The van der Waals surface area contributed by atoms with Crippen molar-refractivity contribution in [2.24, 2.45) is 0 Å². The van der Waals surface area contributed by atoms with Crippen LogP contribution in [-0.4, -0.2) is 41.3 Å². The zero-order chi connectivity index (χ0) is 17.4. The summed E-state index contributed by atoms with van der Waals surface area (Å²) in [6, 6.07) is 12.9. The molecule has 1 atom stereocenters. The molecule has 25 heavy (non-hydrogen) atoms. The Kier molecular flexibility index (Phi) is 3.87. The quantitative estimate of drug-likeness (QED) is 0.841. The first-order valence-electron chi connectivity index (χ1n) is 8.38. The molecule has 0 spiro atoms. The Labute approximate surface area is 144 Å². The van der Waals surface area contributed by atoms with E-state index >= 15 is 0 Å². The van der Waals surface area contributed by atoms with Crippen molar-refractivity contribution in [2.45, 2.75) is 31.3 Å². The van der Waals surface area contributed by atoms with Gasteiger partial charge in [-0.1, -0.05) is 30.3 Å². The molecule has 1 heterocycles. The highest BCUT2D eigenvalue weighted by Crippen LogP contribution is 2.31. The zero-order valence-corrected chi connectivity index (χ0v) is 13.6. The maximum atomic E-state index is 12.6. The van der Waals surface area contributed by atoms with Crippen LogP contribution in [0.4, 0.5) is 0 Å². The van der Waals surface area contributed by atoms with Gasteiger partial charge in [0, 0.05) is 6.04 Å². The van der Waals surface area contributed by atoms with Gasteiger partial charge in [0.2, 0.25) is 11.8 Å². The minimum Gasteiger partial charge on any atom is -0.484 e. The van der Waals surface area contributed by atoms with Crippen molar-refractivity contribution >= 4 is 28.5 Å². The van der Waals surface area contributed by atoms with Gasteiger partial charge in [0.1, 0.15) is 11.8 Å². The summed E-state index contributed by atoms with van der Waals surface area (Å²) in [5.41, 5.74) is 0. The summed E-state index contributed by atoms with van der Waals surface area (Å²) in [5, 5.41) is 4.40. The largest absolute Gasteiger partial charge is 0.484 e. The Morgan fingerprint density at radius 1 is 1.12 bits per heavy atom. The van der Waals surface area contributed by atoms with Gasteiger partial charge in [-0.2, -0.15) is 0 Å². The van der Waals surface area contributed by atoms with Crippen LogP contribution in [0.3, 0.4) is 0 Å². The molecule has 1 aliphatic carbocycles. The van der Waals surface area contributed by atoms with E-state index in [4.69, 9.17) is 4.74 Å². The summed E-state index contributed by atoms with van der Waals surface area (Å²) in [5.74, 6) is -0.375. The maximum Gasteiger partial charge on any atom is 0.261 e. The molecular formula is C19H18N2O4. The van der Waals surface area contributed by atoms with E-state index < -0.39 is 11.9 Å². The summed E-state index contributed by atoms with van der Waals surface area (Å²) in [4.78, 5) is 37.5. The number of nitrogens with zero attached hydrogens (tertiary/aromatic N) is 1. The molecule has 1 N–H and O–H groups in total. The van der Waals surface area contributed by atoms with Crippen LogP contribution < -0.4 is 10.1 Å². The molecule has 6 nitrogen and oxygen atoms in total. The van der Waals surface area contributed by atoms with E-state index in [1.54, 1.807) is 0 Å². The van der Waals surface area contributed by atoms with Gasteiger partial charge in [-0.05, 0) is 35.7 Å². The molecule has 4 rings (SSSR count). The fourth-order valence-corrected chi connectivity index (χ4v) is 3.23. The van der Waals surface area contributed by atoms with Gasteiger partial charge in [-0.3, -0.25) is 19.7 Å². The van der Waals surface area contributed by atoms with Crippen LogP contribution in [0.25, 0.3) is 10.8 Å². The molecule has 0 bridgehead atoms. The predicted octanol–water partition coefficient (Wildman–Crippen LogP) is 1.62. The standard InChI is InChI=1S/C19H18N2O4/c22-17-10-16(19(24)20-17)21(14-6-7-14)18(23)11-25-15-8-5-12-3-1-2-4-13(12)9-15/h1-5,8-9,14,16H,6-7,10-11H2,(H,20,22,24)/t16-/m0/s1. The van der Waals surface area contributed by atoms with Crippen LogP contribution in [0.1, 0.15) is 19.3 Å². The summed E-state index contributed by atoms with van der Waals surface area (Å²) in [7, 11) is 0. The average Bonchev–Trinajstić information content (AvgIpc) is 3.38. The molecule has 2 aliphatic rings. The third kappa shape index (κ3) is 3.20. The molecule has 1 aliphatic heterocycles. The topological polar surface area (TPSA) is 75.7 Å². The fraction of sp³-hybridized carbons (Fsp3) is 0.316. The molecule has 2 fully saturated rings. The molecule has 6 heteroatoms. The smallest absolute Gasteiger partial charge is 0.261 e. The van der Waals surface area contributed by atoms with E-state index in [1.807, 2.05) is 42.5 Å². The van der Waals surface area contributed by atoms with E-state index in [2.05, 4.69) is 5.32 Å². The van der Waals surface area contributed by atoms with Crippen LogP contribution in [0.5, 0.6) is 5.75 Å². The summed E-state index contributed by atoms with van der Waals surface area (Å²) in [6.45, 7) is -0.146. The first-order chi connectivity index (χ1) is 12.1. The van der Waals surface area contributed by atoms with Crippen molar-refractivity contribution in [2.75, 3.05) is 6.61 Å². The van der Waals surface area contributed by atoms with Gasteiger partial charge < -0.3 is 9.64 Å². The van der Waals surface area contributed by atoms with Gasteiger partial charge >= 0.3 is 0 Å². The molecule has 0 unspecified atom stereocenters. The van der Waals surface area contributed by atoms with Crippen molar-refractivity contribution in [3.63, 3.8) is 0 Å². The number of fused-ring (bicyclic) bond motifs is 1. The minimum atomic E-state index is -0.701. The Morgan fingerprint density at radius 3 is 2.56 bits per heavy atom.